The fourth-order valence-electron chi connectivity index (χ4n) is 2.77. The Balaban J connectivity index is 2.12. The summed E-state index contributed by atoms with van der Waals surface area (Å²) < 4.78 is 0. The number of aromatic carboxylic acids is 1. The maximum Gasteiger partial charge on any atom is 0.337 e. The molecule has 0 aromatic carbocycles. The fourth-order valence-corrected chi connectivity index (χ4v) is 2.77. The lowest BCUT2D eigenvalue weighted by atomic mass is 9.97. The smallest absolute Gasteiger partial charge is 0.337 e. The predicted octanol–water partition coefficient (Wildman–Crippen LogP) is 1.16. The second-order valence-corrected chi connectivity index (χ2v) is 5.45. The molecule has 2 rings (SSSR count). The zero-order chi connectivity index (χ0) is 15.4. The topological polar surface area (TPSA) is 82.5 Å². The molecule has 6 heteroatoms. The molecular weight excluding hydrogens is 270 g/mol. The highest BCUT2D eigenvalue weighted by atomic mass is 16.4. The molecule has 6 nitrogen and oxygen atoms in total. The zero-order valence-electron chi connectivity index (χ0n) is 12.4. The third-order valence-electron chi connectivity index (χ3n) is 3.83. The van der Waals surface area contributed by atoms with Gasteiger partial charge in [0, 0.05) is 13.1 Å². The highest BCUT2D eigenvalue weighted by Gasteiger charge is 2.25. The van der Waals surface area contributed by atoms with E-state index in [1.165, 1.54) is 12.1 Å². The van der Waals surface area contributed by atoms with E-state index in [1.807, 2.05) is 11.9 Å². The highest BCUT2D eigenvalue weighted by molar-refractivity contribution is 5.94. The number of carboxylic acids is 1. The molecule has 0 radical (unpaired) electrons. The van der Waals surface area contributed by atoms with Gasteiger partial charge in [0.1, 0.15) is 5.69 Å². The van der Waals surface area contributed by atoms with Crippen molar-refractivity contribution in [3.8, 4) is 0 Å². The van der Waals surface area contributed by atoms with Crippen molar-refractivity contribution in [2.45, 2.75) is 19.8 Å². The molecule has 1 unspecified atom stereocenters. The summed E-state index contributed by atoms with van der Waals surface area (Å²) in [5.74, 6) is -0.672. The minimum Gasteiger partial charge on any atom is -0.478 e. The summed E-state index contributed by atoms with van der Waals surface area (Å²) in [6, 6.07) is 2.95. The largest absolute Gasteiger partial charge is 0.478 e. The molecule has 2 heterocycles. The Morgan fingerprint density at radius 3 is 2.86 bits per heavy atom. The van der Waals surface area contributed by atoms with E-state index in [1.54, 1.807) is 6.92 Å². The first-order valence-corrected chi connectivity index (χ1v) is 7.17. The minimum atomic E-state index is -1.02. The first kappa shape index (κ1) is 15.4. The molecule has 0 aliphatic carbocycles. The Hall–Kier alpha value is -1.95. The van der Waals surface area contributed by atoms with Crippen LogP contribution in [-0.4, -0.2) is 53.5 Å². The number of carboxylic acid groups (broad SMARTS) is 1. The number of aryl methyl sites for hydroxylation is 1. The SMILES string of the molecule is CNCC1CCCN(C(=O)c2ccc(C(=O)O)c(C)n2)C1. The van der Waals surface area contributed by atoms with Crippen molar-refractivity contribution in [2.75, 3.05) is 26.7 Å². The summed E-state index contributed by atoms with van der Waals surface area (Å²) in [5, 5.41) is 12.1. The van der Waals surface area contributed by atoms with Crippen LogP contribution in [0.4, 0.5) is 0 Å². The first-order chi connectivity index (χ1) is 10.0. The van der Waals surface area contributed by atoms with Gasteiger partial charge in [0.05, 0.1) is 11.3 Å². The van der Waals surface area contributed by atoms with Crippen LogP contribution in [0.25, 0.3) is 0 Å². The average molecular weight is 291 g/mol. The van der Waals surface area contributed by atoms with Crippen molar-refractivity contribution in [1.29, 1.82) is 0 Å². The van der Waals surface area contributed by atoms with Crippen LogP contribution in [0, 0.1) is 12.8 Å². The van der Waals surface area contributed by atoms with Crippen LogP contribution in [0.5, 0.6) is 0 Å². The molecule has 0 saturated carbocycles. The Morgan fingerprint density at radius 2 is 2.24 bits per heavy atom. The number of carbonyl (C=O) groups excluding carboxylic acids is 1. The Morgan fingerprint density at radius 1 is 1.48 bits per heavy atom. The van der Waals surface area contributed by atoms with Crippen molar-refractivity contribution in [3.05, 3.63) is 29.1 Å². The van der Waals surface area contributed by atoms with Gasteiger partial charge in [-0.25, -0.2) is 9.78 Å². The minimum absolute atomic E-state index is 0.115. The van der Waals surface area contributed by atoms with Gasteiger partial charge in [0.2, 0.25) is 0 Å². The van der Waals surface area contributed by atoms with Gasteiger partial charge in [-0.05, 0) is 51.4 Å². The van der Waals surface area contributed by atoms with E-state index in [2.05, 4.69) is 10.3 Å². The summed E-state index contributed by atoms with van der Waals surface area (Å²) in [5.41, 5.74) is 0.831. The molecule has 114 valence electrons. The van der Waals surface area contributed by atoms with E-state index in [-0.39, 0.29) is 11.5 Å². The number of aromatic nitrogens is 1. The van der Waals surface area contributed by atoms with Crippen molar-refractivity contribution < 1.29 is 14.7 Å². The van der Waals surface area contributed by atoms with Crippen LogP contribution >= 0.6 is 0 Å². The molecule has 1 saturated heterocycles. The molecule has 1 aromatic heterocycles. The van der Waals surface area contributed by atoms with Gasteiger partial charge in [-0.1, -0.05) is 0 Å². The van der Waals surface area contributed by atoms with Gasteiger partial charge in [-0.15, -0.1) is 0 Å². The average Bonchev–Trinajstić information content (AvgIpc) is 2.46. The van der Waals surface area contributed by atoms with Crippen LogP contribution in [0.15, 0.2) is 12.1 Å². The molecule has 1 amide bonds. The number of hydrogen-bond acceptors (Lipinski definition) is 4. The number of likely N-dealkylation sites (tertiary alicyclic amines) is 1. The van der Waals surface area contributed by atoms with Gasteiger partial charge >= 0.3 is 5.97 Å². The van der Waals surface area contributed by atoms with E-state index in [0.29, 0.717) is 17.3 Å². The fraction of sp³-hybridized carbons (Fsp3) is 0.533. The number of amides is 1. The van der Waals surface area contributed by atoms with Crippen LogP contribution in [-0.2, 0) is 0 Å². The Labute approximate surface area is 124 Å². The van der Waals surface area contributed by atoms with E-state index in [0.717, 1.165) is 32.5 Å². The van der Waals surface area contributed by atoms with Gasteiger partial charge in [0.15, 0.2) is 0 Å². The second-order valence-electron chi connectivity index (χ2n) is 5.45. The lowest BCUT2D eigenvalue weighted by molar-refractivity contribution is 0.0661. The van der Waals surface area contributed by atoms with E-state index in [9.17, 15) is 9.59 Å². The Bertz CT molecular complexity index is 543. The number of rotatable bonds is 4. The normalized spacial score (nSPS) is 18.6. The predicted molar refractivity (Wildman–Crippen MR) is 78.5 cm³/mol. The quantitative estimate of drug-likeness (QED) is 0.870. The molecule has 1 atom stereocenters. The molecule has 0 bridgehead atoms. The maximum atomic E-state index is 12.5. The standard InChI is InChI=1S/C15H21N3O3/c1-10-12(15(20)21)5-6-13(17-10)14(19)18-7-3-4-11(9-18)8-16-2/h5-6,11,16H,3-4,7-9H2,1-2H3,(H,20,21). The molecular formula is C15H21N3O3. The third kappa shape index (κ3) is 3.58. The summed E-state index contributed by atoms with van der Waals surface area (Å²) >= 11 is 0. The van der Waals surface area contributed by atoms with Crippen molar-refractivity contribution >= 4 is 11.9 Å². The molecule has 1 aliphatic rings. The van der Waals surface area contributed by atoms with Gasteiger partial charge < -0.3 is 15.3 Å². The molecule has 1 fully saturated rings. The summed E-state index contributed by atoms with van der Waals surface area (Å²) in [6.45, 7) is 3.97. The lowest BCUT2D eigenvalue weighted by Crippen LogP contribution is -2.42. The lowest BCUT2D eigenvalue weighted by Gasteiger charge is -2.32. The van der Waals surface area contributed by atoms with Crippen LogP contribution < -0.4 is 5.32 Å². The Kier molecular flexibility index (Phi) is 4.90. The van der Waals surface area contributed by atoms with Crippen molar-refractivity contribution in [1.82, 2.24) is 15.2 Å². The van der Waals surface area contributed by atoms with E-state index < -0.39 is 5.97 Å². The van der Waals surface area contributed by atoms with Crippen LogP contribution in [0.1, 0.15) is 39.4 Å². The summed E-state index contributed by atoms with van der Waals surface area (Å²) in [4.78, 5) is 29.4. The van der Waals surface area contributed by atoms with Gasteiger partial charge in [0.25, 0.3) is 5.91 Å². The molecule has 1 aliphatic heterocycles. The molecule has 21 heavy (non-hydrogen) atoms. The second kappa shape index (κ2) is 6.67. The molecule has 2 N–H and O–H groups in total. The third-order valence-corrected chi connectivity index (χ3v) is 3.83. The number of carbonyl (C=O) groups is 2. The highest BCUT2D eigenvalue weighted by Crippen LogP contribution is 2.18. The number of nitrogens with zero attached hydrogens (tertiary/aromatic N) is 2. The number of pyridine rings is 1. The van der Waals surface area contributed by atoms with Crippen molar-refractivity contribution in [2.24, 2.45) is 5.92 Å². The van der Waals surface area contributed by atoms with Gasteiger partial charge in [-0.3, -0.25) is 4.79 Å². The van der Waals surface area contributed by atoms with Crippen molar-refractivity contribution in [3.63, 3.8) is 0 Å². The number of hydrogen-bond donors (Lipinski definition) is 2. The van der Waals surface area contributed by atoms with Crippen LogP contribution in [0.2, 0.25) is 0 Å². The monoisotopic (exact) mass is 291 g/mol. The number of piperidine rings is 1. The maximum absolute atomic E-state index is 12.5. The molecule has 0 spiro atoms. The molecule has 1 aromatic rings. The van der Waals surface area contributed by atoms with E-state index in [4.69, 9.17) is 5.11 Å². The zero-order valence-corrected chi connectivity index (χ0v) is 12.4. The van der Waals surface area contributed by atoms with E-state index >= 15 is 0 Å². The van der Waals surface area contributed by atoms with Crippen LogP contribution in [0.3, 0.4) is 0 Å². The summed E-state index contributed by atoms with van der Waals surface area (Å²) in [7, 11) is 1.91. The van der Waals surface area contributed by atoms with Gasteiger partial charge in [-0.2, -0.15) is 0 Å². The number of nitrogens with one attached hydrogen (secondary N) is 1. The summed E-state index contributed by atoms with van der Waals surface area (Å²) in [6.07, 6.45) is 2.11. The first-order valence-electron chi connectivity index (χ1n) is 7.17.